The highest BCUT2D eigenvalue weighted by molar-refractivity contribution is 5.78. The van der Waals surface area contributed by atoms with Crippen molar-refractivity contribution in [3.63, 3.8) is 0 Å². The van der Waals surface area contributed by atoms with E-state index >= 15 is 0 Å². The van der Waals surface area contributed by atoms with Gasteiger partial charge in [-0.1, -0.05) is 32.9 Å². The molecule has 7 nitrogen and oxygen atoms in total. The largest absolute Gasteiger partial charge is 0.387 e. The minimum atomic E-state index is -0.430. The van der Waals surface area contributed by atoms with E-state index in [-0.39, 0.29) is 35.0 Å². The van der Waals surface area contributed by atoms with Gasteiger partial charge in [-0.2, -0.15) is 0 Å². The Labute approximate surface area is 165 Å². The molecule has 1 amide bonds. The van der Waals surface area contributed by atoms with Gasteiger partial charge in [0, 0.05) is 20.1 Å². The molecule has 3 aliphatic heterocycles. The summed E-state index contributed by atoms with van der Waals surface area (Å²) in [6, 6.07) is 0.133. The average Bonchev–Trinajstić information content (AvgIpc) is 2.95. The second-order valence-electron chi connectivity index (χ2n) is 9.43. The lowest BCUT2D eigenvalue weighted by molar-refractivity contribution is -0.138. The first-order valence-corrected chi connectivity index (χ1v) is 10.1. The third-order valence-corrected chi connectivity index (χ3v) is 6.08. The Bertz CT molecular complexity index is 902. The molecule has 2 N–H and O–H groups in total. The van der Waals surface area contributed by atoms with Crippen LogP contribution < -0.4 is 10.6 Å². The first-order chi connectivity index (χ1) is 13.2. The lowest BCUT2D eigenvalue weighted by Crippen LogP contribution is -2.54. The molecule has 152 valence electrons. The predicted molar refractivity (Wildman–Crippen MR) is 109 cm³/mol. The molecule has 3 atom stereocenters. The number of fused-ring (bicyclic) bond motifs is 3. The number of hydrogen-bond donors (Lipinski definition) is 2. The van der Waals surface area contributed by atoms with Crippen LogP contribution in [0.2, 0.25) is 0 Å². The molecular weight excluding hydrogens is 356 g/mol. The van der Waals surface area contributed by atoms with E-state index in [0.717, 1.165) is 30.9 Å². The number of piperidine rings is 1. The fourth-order valence-corrected chi connectivity index (χ4v) is 4.91. The molecule has 1 aliphatic carbocycles. The van der Waals surface area contributed by atoms with Gasteiger partial charge in [-0.15, -0.1) is 0 Å². The molecule has 5 rings (SSSR count). The number of imidazole rings is 1. The van der Waals surface area contributed by atoms with Crippen LogP contribution in [0.25, 0.3) is 6.08 Å². The van der Waals surface area contributed by atoms with E-state index in [1.807, 2.05) is 18.0 Å². The summed E-state index contributed by atoms with van der Waals surface area (Å²) in [6.07, 6.45) is 8.42. The van der Waals surface area contributed by atoms with Crippen LogP contribution in [0.5, 0.6) is 0 Å². The third kappa shape index (κ3) is 3.11. The predicted octanol–water partition coefficient (Wildman–Crippen LogP) is 1.50. The Morgan fingerprint density at radius 1 is 1.32 bits per heavy atom. The summed E-state index contributed by atoms with van der Waals surface area (Å²) in [4.78, 5) is 31.4. The number of nitrogens with one attached hydrogen (secondary N) is 1. The number of rotatable bonds is 3. The second kappa shape index (κ2) is 6.65. The van der Waals surface area contributed by atoms with Gasteiger partial charge in [-0.3, -0.25) is 9.36 Å². The molecule has 2 bridgehead atoms. The van der Waals surface area contributed by atoms with Crippen molar-refractivity contribution in [3.8, 4) is 0 Å². The second-order valence-corrected chi connectivity index (χ2v) is 9.43. The number of aromatic nitrogens is 2. The minimum absolute atomic E-state index is 0.0565. The van der Waals surface area contributed by atoms with Crippen molar-refractivity contribution in [1.29, 1.82) is 0 Å². The molecule has 28 heavy (non-hydrogen) atoms. The van der Waals surface area contributed by atoms with Gasteiger partial charge in [-0.25, -0.2) is 4.79 Å². The van der Waals surface area contributed by atoms with Crippen molar-refractivity contribution < 1.29 is 9.90 Å². The van der Waals surface area contributed by atoms with E-state index in [0.29, 0.717) is 6.54 Å². The molecule has 0 spiro atoms. The number of aliphatic hydroxyl groups is 1. The maximum Gasteiger partial charge on any atom is 0.327 e. The number of carbonyl (C=O) groups excluding carboxylic acids is 1. The SMILES string of the molecule is Cn1c2c([nH]c1=O)C=CC(C1=CC3CCC1CN3C(=O)CO)N2CC(C)(C)C. The molecule has 4 aliphatic rings. The zero-order valence-electron chi connectivity index (χ0n) is 17.1. The van der Waals surface area contributed by atoms with Gasteiger partial charge < -0.3 is 19.9 Å². The molecule has 1 aromatic rings. The van der Waals surface area contributed by atoms with Crippen molar-refractivity contribution in [3.05, 3.63) is 33.9 Å². The smallest absolute Gasteiger partial charge is 0.327 e. The molecule has 1 fully saturated rings. The zero-order valence-corrected chi connectivity index (χ0v) is 17.1. The number of aromatic amines is 1. The number of nitrogens with zero attached hydrogens (tertiary/aromatic N) is 3. The van der Waals surface area contributed by atoms with Crippen LogP contribution in [0.15, 0.2) is 22.5 Å². The number of aliphatic hydroxyl groups excluding tert-OH is 1. The van der Waals surface area contributed by atoms with Crippen molar-refractivity contribution in [2.45, 2.75) is 45.7 Å². The molecule has 7 heteroatoms. The summed E-state index contributed by atoms with van der Waals surface area (Å²) in [6.45, 7) is 7.67. The van der Waals surface area contributed by atoms with Gasteiger partial charge in [0.2, 0.25) is 5.91 Å². The van der Waals surface area contributed by atoms with Crippen molar-refractivity contribution in [1.82, 2.24) is 14.5 Å². The molecule has 0 saturated carbocycles. The van der Waals surface area contributed by atoms with Gasteiger partial charge >= 0.3 is 5.69 Å². The van der Waals surface area contributed by atoms with Gasteiger partial charge in [0.05, 0.1) is 17.8 Å². The summed E-state index contributed by atoms with van der Waals surface area (Å²) in [5.41, 5.74) is 2.14. The third-order valence-electron chi connectivity index (χ3n) is 6.08. The maximum absolute atomic E-state index is 12.2. The van der Waals surface area contributed by atoms with Gasteiger partial charge in [0.25, 0.3) is 0 Å². The summed E-state index contributed by atoms with van der Waals surface area (Å²) in [7, 11) is 1.81. The summed E-state index contributed by atoms with van der Waals surface area (Å²) in [5, 5.41) is 9.27. The van der Waals surface area contributed by atoms with Crippen LogP contribution in [0, 0.1) is 11.3 Å². The Morgan fingerprint density at radius 3 is 2.68 bits per heavy atom. The molecule has 0 radical (unpaired) electrons. The molecule has 1 aromatic heterocycles. The van der Waals surface area contributed by atoms with Crippen LogP contribution in [0.1, 0.15) is 39.3 Å². The summed E-state index contributed by atoms with van der Waals surface area (Å²) >= 11 is 0. The highest BCUT2D eigenvalue weighted by atomic mass is 16.3. The van der Waals surface area contributed by atoms with Crippen LogP contribution in [0.3, 0.4) is 0 Å². The number of hydrogen-bond acceptors (Lipinski definition) is 4. The molecule has 0 aromatic carbocycles. The highest BCUT2D eigenvalue weighted by Crippen LogP contribution is 2.41. The van der Waals surface area contributed by atoms with Crippen LogP contribution in [-0.2, 0) is 11.8 Å². The fourth-order valence-electron chi connectivity index (χ4n) is 4.91. The Hall–Kier alpha value is -2.28. The summed E-state index contributed by atoms with van der Waals surface area (Å²) < 4.78 is 1.70. The van der Waals surface area contributed by atoms with Crippen molar-refractivity contribution >= 4 is 17.8 Å². The van der Waals surface area contributed by atoms with E-state index in [1.165, 1.54) is 5.57 Å². The van der Waals surface area contributed by atoms with E-state index in [1.54, 1.807) is 4.57 Å². The topological polar surface area (TPSA) is 81.6 Å². The number of anilines is 1. The van der Waals surface area contributed by atoms with Gasteiger partial charge in [0.15, 0.2) is 0 Å². The molecule has 4 heterocycles. The highest BCUT2D eigenvalue weighted by Gasteiger charge is 2.42. The van der Waals surface area contributed by atoms with E-state index in [9.17, 15) is 14.7 Å². The van der Waals surface area contributed by atoms with E-state index in [4.69, 9.17) is 0 Å². The zero-order chi connectivity index (χ0) is 20.2. The number of carbonyl (C=O) groups is 1. The fraction of sp³-hybridized carbons (Fsp3) is 0.619. The molecule has 1 saturated heterocycles. The van der Waals surface area contributed by atoms with Gasteiger partial charge in [0.1, 0.15) is 12.4 Å². The molecule has 3 unspecified atom stereocenters. The quantitative estimate of drug-likeness (QED) is 0.772. The van der Waals surface area contributed by atoms with Crippen LogP contribution in [-0.4, -0.2) is 57.2 Å². The number of amides is 1. The normalized spacial score (nSPS) is 26.5. The van der Waals surface area contributed by atoms with Crippen LogP contribution >= 0.6 is 0 Å². The van der Waals surface area contributed by atoms with E-state index in [2.05, 4.69) is 42.8 Å². The summed E-state index contributed by atoms with van der Waals surface area (Å²) in [5.74, 6) is 1.03. The van der Waals surface area contributed by atoms with Crippen molar-refractivity contribution in [2.75, 3.05) is 24.6 Å². The molecular formula is C21H30N4O3. The first kappa shape index (κ1) is 19.1. The average molecular weight is 386 g/mol. The monoisotopic (exact) mass is 386 g/mol. The van der Waals surface area contributed by atoms with Crippen molar-refractivity contribution in [2.24, 2.45) is 18.4 Å². The Kier molecular flexibility index (Phi) is 4.53. The lowest BCUT2D eigenvalue weighted by atomic mass is 9.75. The minimum Gasteiger partial charge on any atom is -0.387 e. The Morgan fingerprint density at radius 2 is 2.07 bits per heavy atom. The van der Waals surface area contributed by atoms with E-state index < -0.39 is 6.61 Å². The Balaban J connectivity index is 1.73. The maximum atomic E-state index is 12.2. The van der Waals surface area contributed by atoms with Gasteiger partial charge in [-0.05, 0) is 35.8 Å². The number of H-pyrrole nitrogens is 1. The first-order valence-electron chi connectivity index (χ1n) is 10.1. The standard InChI is InChI=1S/C21H30N4O3/c1-21(2,3)12-25-17(8-7-16-19(25)23(4)20(28)22-16)15-9-14-6-5-13(15)10-24(14)18(27)11-26/h7-9,13-14,17,26H,5-6,10-12H2,1-4H3,(H,22,28). The lowest BCUT2D eigenvalue weighted by Gasteiger charge is -2.49. The van der Waals surface area contributed by atoms with Crippen LogP contribution in [0.4, 0.5) is 5.82 Å².